The van der Waals surface area contributed by atoms with Crippen molar-refractivity contribution in [3.8, 4) is 0 Å². The second-order valence-corrected chi connectivity index (χ2v) is 5.60. The van der Waals surface area contributed by atoms with Crippen LogP contribution in [-0.2, 0) is 4.74 Å². The summed E-state index contributed by atoms with van der Waals surface area (Å²) < 4.78 is 5.13. The third kappa shape index (κ3) is 4.68. The van der Waals surface area contributed by atoms with E-state index in [0.717, 1.165) is 16.4 Å². The summed E-state index contributed by atoms with van der Waals surface area (Å²) >= 11 is 1.50. The molecule has 0 atom stereocenters. The normalized spacial score (nSPS) is 11.0. The number of hydrogen-bond acceptors (Lipinski definition) is 6. The largest absolute Gasteiger partial charge is 0.459 e. The third-order valence-corrected chi connectivity index (χ3v) is 3.35. The van der Waals surface area contributed by atoms with Crippen molar-refractivity contribution in [2.24, 2.45) is 5.10 Å². The van der Waals surface area contributed by atoms with Gasteiger partial charge in [0.1, 0.15) is 0 Å². The Morgan fingerprint density at radius 3 is 2.67 bits per heavy atom. The van der Waals surface area contributed by atoms with Crippen LogP contribution in [0.25, 0.3) is 0 Å². The molecule has 0 fully saturated rings. The van der Waals surface area contributed by atoms with Crippen molar-refractivity contribution < 1.29 is 9.53 Å². The number of esters is 1. The molecular formula is C15H17N3O2S. The van der Waals surface area contributed by atoms with Gasteiger partial charge in [-0.3, -0.25) is 5.43 Å². The number of benzene rings is 1. The first kappa shape index (κ1) is 15.2. The second kappa shape index (κ2) is 6.99. The van der Waals surface area contributed by atoms with Crippen LogP contribution in [0.1, 0.15) is 35.5 Å². The van der Waals surface area contributed by atoms with Gasteiger partial charge in [-0.2, -0.15) is 5.10 Å². The predicted octanol–water partition coefficient (Wildman–Crippen LogP) is 3.46. The lowest BCUT2D eigenvalue weighted by Gasteiger charge is -2.07. The van der Waals surface area contributed by atoms with E-state index in [0.29, 0.717) is 5.56 Å². The van der Waals surface area contributed by atoms with Crippen molar-refractivity contribution in [2.75, 3.05) is 5.43 Å². The molecular weight excluding hydrogens is 286 g/mol. The predicted molar refractivity (Wildman–Crippen MR) is 85.1 cm³/mol. The van der Waals surface area contributed by atoms with Crippen molar-refractivity contribution in [2.45, 2.75) is 26.9 Å². The average molecular weight is 303 g/mol. The van der Waals surface area contributed by atoms with Gasteiger partial charge in [-0.25, -0.2) is 9.78 Å². The monoisotopic (exact) mass is 303 g/mol. The lowest BCUT2D eigenvalue weighted by molar-refractivity contribution is 0.0378. The number of thiazole rings is 1. The van der Waals surface area contributed by atoms with Crippen molar-refractivity contribution in [1.82, 2.24) is 4.98 Å². The van der Waals surface area contributed by atoms with Gasteiger partial charge in [-0.05, 0) is 38.5 Å². The number of hydrazone groups is 1. The van der Waals surface area contributed by atoms with E-state index < -0.39 is 0 Å². The van der Waals surface area contributed by atoms with Gasteiger partial charge in [-0.15, -0.1) is 11.3 Å². The molecule has 1 N–H and O–H groups in total. The molecule has 0 aliphatic rings. The number of rotatable bonds is 5. The van der Waals surface area contributed by atoms with Gasteiger partial charge in [0, 0.05) is 5.38 Å². The van der Waals surface area contributed by atoms with Crippen molar-refractivity contribution >= 4 is 28.7 Å². The Balaban J connectivity index is 1.94. The summed E-state index contributed by atoms with van der Waals surface area (Å²) in [6.07, 6.45) is 1.55. The molecule has 0 saturated carbocycles. The summed E-state index contributed by atoms with van der Waals surface area (Å²) in [5.41, 5.74) is 5.24. The van der Waals surface area contributed by atoms with Crippen LogP contribution in [0.5, 0.6) is 0 Å². The highest BCUT2D eigenvalue weighted by Gasteiger charge is 2.08. The summed E-state index contributed by atoms with van der Waals surface area (Å²) in [5, 5.41) is 6.81. The highest BCUT2D eigenvalue weighted by atomic mass is 32.1. The van der Waals surface area contributed by atoms with Crippen LogP contribution in [0.4, 0.5) is 5.13 Å². The lowest BCUT2D eigenvalue weighted by atomic mass is 10.1. The number of carbonyl (C=O) groups excluding carboxylic acids is 1. The van der Waals surface area contributed by atoms with Crippen molar-refractivity contribution in [3.63, 3.8) is 0 Å². The fourth-order valence-corrected chi connectivity index (χ4v) is 2.19. The van der Waals surface area contributed by atoms with Crippen LogP contribution in [-0.4, -0.2) is 23.3 Å². The Hall–Kier alpha value is -2.21. The highest BCUT2D eigenvalue weighted by molar-refractivity contribution is 7.13. The van der Waals surface area contributed by atoms with Gasteiger partial charge in [0.15, 0.2) is 0 Å². The maximum Gasteiger partial charge on any atom is 0.338 e. The first-order valence-corrected chi connectivity index (χ1v) is 7.45. The molecule has 0 amide bonds. The van der Waals surface area contributed by atoms with Gasteiger partial charge in [0.05, 0.1) is 23.6 Å². The molecule has 0 radical (unpaired) electrons. The van der Waals surface area contributed by atoms with E-state index in [1.807, 2.05) is 38.3 Å². The van der Waals surface area contributed by atoms with Crippen LogP contribution in [0, 0.1) is 6.92 Å². The van der Waals surface area contributed by atoms with Gasteiger partial charge < -0.3 is 4.74 Å². The van der Waals surface area contributed by atoms with E-state index in [2.05, 4.69) is 15.5 Å². The van der Waals surface area contributed by atoms with E-state index in [-0.39, 0.29) is 12.1 Å². The van der Waals surface area contributed by atoms with E-state index in [4.69, 9.17) is 4.74 Å². The number of ether oxygens (including phenoxy) is 1. The molecule has 0 unspecified atom stereocenters. The Bertz CT molecular complexity index is 633. The standard InChI is InChI=1S/C15H17N3O2S/c1-10(2)20-14(19)13-6-4-12(5-7-13)8-16-18-15-17-11(3)9-21-15/h4-10H,1-3H3,(H,17,18)/b16-8+. The smallest absolute Gasteiger partial charge is 0.338 e. The molecule has 110 valence electrons. The SMILES string of the molecule is Cc1csc(N/N=C/c2ccc(C(=O)OC(C)C)cc2)n1. The molecule has 1 heterocycles. The number of nitrogens with one attached hydrogen (secondary N) is 1. The molecule has 21 heavy (non-hydrogen) atoms. The van der Waals surface area contributed by atoms with E-state index >= 15 is 0 Å². The number of aromatic nitrogens is 1. The summed E-state index contributed by atoms with van der Waals surface area (Å²) in [7, 11) is 0. The molecule has 2 aromatic rings. The molecule has 2 rings (SSSR count). The molecule has 0 aliphatic carbocycles. The summed E-state index contributed by atoms with van der Waals surface area (Å²) in [5.74, 6) is -0.315. The minimum atomic E-state index is -0.315. The van der Waals surface area contributed by atoms with Crippen LogP contribution in [0.2, 0.25) is 0 Å². The van der Waals surface area contributed by atoms with E-state index in [9.17, 15) is 4.79 Å². The topological polar surface area (TPSA) is 63.6 Å². The van der Waals surface area contributed by atoms with Crippen LogP contribution in [0.15, 0.2) is 34.7 Å². The second-order valence-electron chi connectivity index (χ2n) is 4.74. The number of aryl methyl sites for hydroxylation is 1. The fraction of sp³-hybridized carbons (Fsp3) is 0.267. The summed E-state index contributed by atoms with van der Waals surface area (Å²) in [6, 6.07) is 7.07. The van der Waals surface area contributed by atoms with E-state index in [1.54, 1.807) is 18.3 Å². The van der Waals surface area contributed by atoms with Gasteiger partial charge in [0.2, 0.25) is 5.13 Å². The molecule has 1 aromatic heterocycles. The van der Waals surface area contributed by atoms with Gasteiger partial charge in [0.25, 0.3) is 0 Å². The lowest BCUT2D eigenvalue weighted by Crippen LogP contribution is -2.11. The third-order valence-electron chi connectivity index (χ3n) is 2.48. The maximum atomic E-state index is 11.7. The Kier molecular flexibility index (Phi) is 5.05. The van der Waals surface area contributed by atoms with Crippen LogP contribution in [0.3, 0.4) is 0 Å². The maximum absolute atomic E-state index is 11.7. The minimum Gasteiger partial charge on any atom is -0.459 e. The fourth-order valence-electron chi connectivity index (χ4n) is 1.55. The van der Waals surface area contributed by atoms with E-state index in [1.165, 1.54) is 11.3 Å². The number of nitrogens with zero attached hydrogens (tertiary/aromatic N) is 2. The zero-order chi connectivity index (χ0) is 15.2. The Morgan fingerprint density at radius 2 is 2.10 bits per heavy atom. The van der Waals surface area contributed by atoms with Gasteiger partial charge in [-0.1, -0.05) is 12.1 Å². The zero-order valence-electron chi connectivity index (χ0n) is 12.2. The Morgan fingerprint density at radius 1 is 1.38 bits per heavy atom. The van der Waals surface area contributed by atoms with Crippen molar-refractivity contribution in [1.29, 1.82) is 0 Å². The average Bonchev–Trinajstić information content (AvgIpc) is 2.84. The van der Waals surface area contributed by atoms with Crippen LogP contribution < -0.4 is 5.43 Å². The molecule has 6 heteroatoms. The molecule has 0 bridgehead atoms. The van der Waals surface area contributed by atoms with Crippen LogP contribution >= 0.6 is 11.3 Å². The summed E-state index contributed by atoms with van der Waals surface area (Å²) in [4.78, 5) is 15.9. The minimum absolute atomic E-state index is 0.121. The molecule has 1 aromatic carbocycles. The molecule has 0 spiro atoms. The Labute approximate surface area is 127 Å². The first-order valence-electron chi connectivity index (χ1n) is 6.57. The number of hydrogen-bond donors (Lipinski definition) is 1. The highest BCUT2D eigenvalue weighted by Crippen LogP contribution is 2.14. The summed E-state index contributed by atoms with van der Waals surface area (Å²) in [6.45, 7) is 5.58. The molecule has 5 nitrogen and oxygen atoms in total. The number of anilines is 1. The quantitative estimate of drug-likeness (QED) is 0.522. The van der Waals surface area contributed by atoms with Crippen molar-refractivity contribution in [3.05, 3.63) is 46.5 Å². The van der Waals surface area contributed by atoms with Gasteiger partial charge >= 0.3 is 5.97 Å². The zero-order valence-corrected chi connectivity index (χ0v) is 13.0. The first-order chi connectivity index (χ1) is 10.0. The number of carbonyl (C=O) groups is 1. The molecule has 0 saturated heterocycles. The molecule has 0 aliphatic heterocycles.